The minimum Gasteiger partial charge on any atom is -0.489 e. The number of hydrogen-bond acceptors (Lipinski definition) is 4. The molecule has 0 aliphatic carbocycles. The topological polar surface area (TPSA) is 77.0 Å². The summed E-state index contributed by atoms with van der Waals surface area (Å²) in [6.07, 6.45) is 0. The maximum atomic E-state index is 12.2. The lowest BCUT2D eigenvalue weighted by Crippen LogP contribution is -2.44. The van der Waals surface area contributed by atoms with Gasteiger partial charge in [0.2, 0.25) is 0 Å². The van der Waals surface area contributed by atoms with E-state index in [-0.39, 0.29) is 0 Å². The molecule has 0 bridgehead atoms. The van der Waals surface area contributed by atoms with Crippen LogP contribution in [0.15, 0.2) is 59.6 Å². The molecule has 1 heterocycles. The molecule has 3 rings (SSSR count). The van der Waals surface area contributed by atoms with E-state index in [1.165, 1.54) is 7.11 Å². The molecule has 2 amide bonds. The van der Waals surface area contributed by atoms with Crippen LogP contribution in [0.5, 0.6) is 5.75 Å². The highest BCUT2D eigenvalue weighted by Gasteiger charge is 2.37. The molecular formula is C20H20N2O4. The summed E-state index contributed by atoms with van der Waals surface area (Å²) in [5, 5.41) is 2.75. The number of aliphatic imine (C=N–C) groups is 1. The molecule has 6 nitrogen and oxygen atoms in total. The van der Waals surface area contributed by atoms with Gasteiger partial charge in [-0.15, -0.1) is 0 Å². The van der Waals surface area contributed by atoms with Crippen LogP contribution in [0.4, 0.5) is 4.79 Å². The summed E-state index contributed by atoms with van der Waals surface area (Å²) in [6.45, 7) is 2.09. The Morgan fingerprint density at radius 3 is 2.65 bits per heavy atom. The third-order valence-corrected chi connectivity index (χ3v) is 4.26. The van der Waals surface area contributed by atoms with E-state index in [1.807, 2.05) is 54.6 Å². The molecule has 0 aromatic heterocycles. The molecular weight excluding hydrogens is 332 g/mol. The maximum absolute atomic E-state index is 12.2. The average Bonchev–Trinajstić information content (AvgIpc) is 2.66. The van der Waals surface area contributed by atoms with Crippen molar-refractivity contribution in [3.8, 4) is 5.75 Å². The van der Waals surface area contributed by atoms with Crippen LogP contribution in [0.1, 0.15) is 24.1 Å². The van der Waals surface area contributed by atoms with E-state index in [2.05, 4.69) is 10.3 Å². The standard InChI is InChI=1S/C20H20N2O4/c1-13-17(19(23)25-2)18(22-20(24)21-13)15-9-6-10-16(11-15)26-12-14-7-4-3-5-8-14/h3-11,17-18H,12H2,1-2H3,(H,22,24). The van der Waals surface area contributed by atoms with E-state index < -0.39 is 24.0 Å². The monoisotopic (exact) mass is 352 g/mol. The number of carbonyl (C=O) groups excluding carboxylic acids is 2. The first kappa shape index (κ1) is 17.7. The van der Waals surface area contributed by atoms with Crippen molar-refractivity contribution in [1.82, 2.24) is 5.32 Å². The van der Waals surface area contributed by atoms with Crippen LogP contribution >= 0.6 is 0 Å². The number of amides is 2. The van der Waals surface area contributed by atoms with Crippen LogP contribution in [0.3, 0.4) is 0 Å². The second-order valence-electron chi connectivity index (χ2n) is 6.03. The zero-order valence-corrected chi connectivity index (χ0v) is 14.6. The van der Waals surface area contributed by atoms with Crippen molar-refractivity contribution in [2.45, 2.75) is 19.6 Å². The van der Waals surface area contributed by atoms with Crippen LogP contribution in [0.2, 0.25) is 0 Å². The summed E-state index contributed by atoms with van der Waals surface area (Å²) < 4.78 is 10.7. The average molecular weight is 352 g/mol. The first-order valence-electron chi connectivity index (χ1n) is 8.28. The lowest BCUT2D eigenvalue weighted by Gasteiger charge is -2.29. The lowest BCUT2D eigenvalue weighted by atomic mass is 9.88. The second-order valence-corrected chi connectivity index (χ2v) is 6.03. The Balaban J connectivity index is 1.82. The fraction of sp³-hybridized carbons (Fsp3) is 0.250. The van der Waals surface area contributed by atoms with Crippen molar-refractivity contribution >= 4 is 17.7 Å². The number of hydrogen-bond donors (Lipinski definition) is 1. The second kappa shape index (κ2) is 7.82. The molecule has 2 aromatic carbocycles. The van der Waals surface area contributed by atoms with Gasteiger partial charge in [-0.25, -0.2) is 9.79 Å². The number of nitrogens with zero attached hydrogens (tertiary/aromatic N) is 1. The highest BCUT2D eigenvalue weighted by molar-refractivity contribution is 6.08. The number of esters is 1. The van der Waals surface area contributed by atoms with Gasteiger partial charge in [0.25, 0.3) is 0 Å². The van der Waals surface area contributed by atoms with Crippen molar-refractivity contribution in [3.05, 3.63) is 65.7 Å². The molecule has 0 saturated carbocycles. The number of rotatable bonds is 5. The molecule has 0 fully saturated rings. The molecule has 0 radical (unpaired) electrons. The summed E-state index contributed by atoms with van der Waals surface area (Å²) in [5.41, 5.74) is 2.24. The van der Waals surface area contributed by atoms with Gasteiger partial charge in [-0.3, -0.25) is 4.79 Å². The van der Waals surface area contributed by atoms with Gasteiger partial charge < -0.3 is 14.8 Å². The van der Waals surface area contributed by atoms with E-state index >= 15 is 0 Å². The number of urea groups is 1. The molecule has 26 heavy (non-hydrogen) atoms. The van der Waals surface area contributed by atoms with Gasteiger partial charge >= 0.3 is 12.0 Å². The summed E-state index contributed by atoms with van der Waals surface area (Å²) in [4.78, 5) is 27.8. The lowest BCUT2D eigenvalue weighted by molar-refractivity contribution is -0.143. The van der Waals surface area contributed by atoms with Gasteiger partial charge in [-0.1, -0.05) is 42.5 Å². The Morgan fingerprint density at radius 2 is 1.92 bits per heavy atom. The van der Waals surface area contributed by atoms with Crippen LogP contribution in [0.25, 0.3) is 0 Å². The summed E-state index contributed by atoms with van der Waals surface area (Å²) >= 11 is 0. The van der Waals surface area contributed by atoms with Crippen LogP contribution < -0.4 is 10.1 Å². The Hall–Kier alpha value is -3.15. The molecule has 1 aliphatic heterocycles. The highest BCUT2D eigenvalue weighted by atomic mass is 16.5. The molecule has 0 saturated heterocycles. The molecule has 134 valence electrons. The SMILES string of the molecule is COC(=O)C1C(C)=NC(=O)NC1c1cccc(OCc2ccccc2)c1. The summed E-state index contributed by atoms with van der Waals surface area (Å²) in [6, 6.07) is 16.1. The van der Waals surface area contributed by atoms with Gasteiger partial charge in [0.1, 0.15) is 18.3 Å². The molecule has 1 aliphatic rings. The number of methoxy groups -OCH3 is 1. The van der Waals surface area contributed by atoms with Gasteiger partial charge in [-0.2, -0.15) is 0 Å². The van der Waals surface area contributed by atoms with E-state index in [9.17, 15) is 9.59 Å². The third kappa shape index (κ3) is 3.91. The van der Waals surface area contributed by atoms with E-state index in [1.54, 1.807) is 6.92 Å². The molecule has 6 heteroatoms. The van der Waals surface area contributed by atoms with Crippen molar-refractivity contribution in [3.63, 3.8) is 0 Å². The minimum absolute atomic E-state index is 0.432. The normalized spacial score (nSPS) is 19.3. The van der Waals surface area contributed by atoms with Crippen molar-refractivity contribution in [2.75, 3.05) is 7.11 Å². The predicted molar refractivity (Wildman–Crippen MR) is 97.1 cm³/mol. The highest BCUT2D eigenvalue weighted by Crippen LogP contribution is 2.30. The number of nitrogens with one attached hydrogen (secondary N) is 1. The van der Waals surface area contributed by atoms with Gasteiger partial charge in [0.15, 0.2) is 0 Å². The molecule has 1 N–H and O–H groups in total. The zero-order valence-electron chi connectivity index (χ0n) is 14.6. The Bertz CT molecular complexity index is 833. The smallest absolute Gasteiger partial charge is 0.341 e. The molecule has 0 spiro atoms. The molecule has 2 unspecified atom stereocenters. The van der Waals surface area contributed by atoms with Crippen LogP contribution in [0, 0.1) is 5.92 Å². The first-order valence-corrected chi connectivity index (χ1v) is 8.28. The van der Waals surface area contributed by atoms with E-state index in [0.29, 0.717) is 18.1 Å². The van der Waals surface area contributed by atoms with Gasteiger partial charge in [-0.05, 0) is 30.2 Å². The van der Waals surface area contributed by atoms with E-state index in [4.69, 9.17) is 9.47 Å². The Labute approximate surface area is 151 Å². The summed E-state index contributed by atoms with van der Waals surface area (Å²) in [5.74, 6) is -0.446. The zero-order chi connectivity index (χ0) is 18.5. The first-order chi connectivity index (χ1) is 12.6. The fourth-order valence-electron chi connectivity index (χ4n) is 2.97. The third-order valence-electron chi connectivity index (χ3n) is 4.26. The Morgan fingerprint density at radius 1 is 1.15 bits per heavy atom. The van der Waals surface area contributed by atoms with E-state index in [0.717, 1.165) is 11.1 Å². The van der Waals surface area contributed by atoms with Gasteiger partial charge in [0.05, 0.1) is 13.2 Å². The van der Waals surface area contributed by atoms with Crippen LogP contribution in [-0.4, -0.2) is 24.8 Å². The minimum atomic E-state index is -0.665. The predicted octanol–water partition coefficient (Wildman–Crippen LogP) is 3.28. The molecule has 2 aromatic rings. The van der Waals surface area contributed by atoms with Crippen molar-refractivity contribution < 1.29 is 19.1 Å². The van der Waals surface area contributed by atoms with Gasteiger partial charge in [0, 0.05) is 5.71 Å². The number of ether oxygens (including phenoxy) is 2. The van der Waals surface area contributed by atoms with Crippen molar-refractivity contribution in [2.24, 2.45) is 10.9 Å². The fourth-order valence-corrected chi connectivity index (χ4v) is 2.97. The van der Waals surface area contributed by atoms with Crippen molar-refractivity contribution in [1.29, 1.82) is 0 Å². The van der Waals surface area contributed by atoms with Crippen LogP contribution in [-0.2, 0) is 16.1 Å². The quantitative estimate of drug-likeness (QED) is 0.838. The Kier molecular flexibility index (Phi) is 5.31. The summed E-state index contributed by atoms with van der Waals surface area (Å²) in [7, 11) is 1.32. The number of benzene rings is 2. The molecule has 2 atom stereocenters. The largest absolute Gasteiger partial charge is 0.489 e. The maximum Gasteiger partial charge on any atom is 0.341 e. The number of carbonyl (C=O) groups is 2.